The molecule has 1 aromatic carbocycles. The molecule has 1 aliphatic rings. The Morgan fingerprint density at radius 2 is 2.25 bits per heavy atom. The topological polar surface area (TPSA) is 46.5 Å². The van der Waals surface area contributed by atoms with Crippen LogP contribution < -0.4 is 0 Å². The van der Waals surface area contributed by atoms with Crippen LogP contribution in [0, 0.1) is 0 Å². The van der Waals surface area contributed by atoms with Gasteiger partial charge >= 0.3 is 5.97 Å². The van der Waals surface area contributed by atoms with Gasteiger partial charge in [0.1, 0.15) is 5.75 Å². The third kappa shape index (κ3) is 2.24. The molecule has 0 aliphatic heterocycles. The van der Waals surface area contributed by atoms with Crippen LogP contribution in [0.5, 0.6) is 5.75 Å². The highest BCUT2D eigenvalue weighted by Crippen LogP contribution is 2.28. The van der Waals surface area contributed by atoms with Crippen LogP contribution in [0.3, 0.4) is 0 Å². The number of carbonyl (C=O) groups is 1. The van der Waals surface area contributed by atoms with Crippen molar-refractivity contribution < 1.29 is 14.6 Å². The largest absolute Gasteiger partial charge is 0.508 e. The maximum absolute atomic E-state index is 11.1. The first-order valence-electron chi connectivity index (χ1n) is 5.27. The van der Waals surface area contributed by atoms with E-state index in [-0.39, 0.29) is 11.7 Å². The van der Waals surface area contributed by atoms with Crippen LogP contribution in [-0.4, -0.2) is 18.2 Å². The fourth-order valence-electron chi connectivity index (χ4n) is 1.93. The SMILES string of the molecule is COC(=O)CC1=Cc2cc(O)ccc2CC1. The Hall–Kier alpha value is -1.77. The number of phenolic OH excluding ortho intramolecular Hbond substituents is 1. The summed E-state index contributed by atoms with van der Waals surface area (Å²) in [7, 11) is 1.39. The molecule has 0 fully saturated rings. The molecule has 3 heteroatoms. The average molecular weight is 218 g/mol. The van der Waals surface area contributed by atoms with E-state index >= 15 is 0 Å². The Morgan fingerprint density at radius 1 is 1.44 bits per heavy atom. The molecule has 0 radical (unpaired) electrons. The van der Waals surface area contributed by atoms with Gasteiger partial charge in [0.15, 0.2) is 0 Å². The number of hydrogen-bond donors (Lipinski definition) is 1. The highest BCUT2D eigenvalue weighted by Gasteiger charge is 2.13. The summed E-state index contributed by atoms with van der Waals surface area (Å²) in [6.45, 7) is 0. The number of carbonyl (C=O) groups excluding carboxylic acids is 1. The Bertz CT molecular complexity index is 446. The molecule has 1 aromatic rings. The number of fused-ring (bicyclic) bond motifs is 1. The first kappa shape index (κ1) is 10.7. The van der Waals surface area contributed by atoms with E-state index in [9.17, 15) is 9.90 Å². The zero-order chi connectivity index (χ0) is 11.5. The van der Waals surface area contributed by atoms with Crippen LogP contribution in [0.2, 0.25) is 0 Å². The first-order valence-corrected chi connectivity index (χ1v) is 5.27. The predicted octanol–water partition coefficient (Wildman–Crippen LogP) is 2.28. The van der Waals surface area contributed by atoms with Crippen molar-refractivity contribution >= 4 is 12.0 Å². The summed E-state index contributed by atoms with van der Waals surface area (Å²) in [5.74, 6) is 0.0455. The van der Waals surface area contributed by atoms with Gasteiger partial charge in [-0.3, -0.25) is 4.79 Å². The van der Waals surface area contributed by atoms with Gasteiger partial charge < -0.3 is 9.84 Å². The predicted molar refractivity (Wildman–Crippen MR) is 61.0 cm³/mol. The quantitative estimate of drug-likeness (QED) is 0.775. The number of phenols is 1. The van der Waals surface area contributed by atoms with Crippen LogP contribution >= 0.6 is 0 Å². The second kappa shape index (κ2) is 4.39. The summed E-state index contributed by atoms with van der Waals surface area (Å²) < 4.78 is 4.64. The van der Waals surface area contributed by atoms with Gasteiger partial charge in [0.05, 0.1) is 13.5 Å². The number of ether oxygens (including phenoxy) is 1. The molecule has 0 bridgehead atoms. The maximum atomic E-state index is 11.1. The van der Waals surface area contributed by atoms with Crippen LogP contribution in [0.4, 0.5) is 0 Å². The number of aryl methyl sites for hydroxylation is 1. The van der Waals surface area contributed by atoms with Gasteiger partial charge in [-0.1, -0.05) is 17.7 Å². The number of benzene rings is 1. The minimum atomic E-state index is -0.213. The monoisotopic (exact) mass is 218 g/mol. The fourth-order valence-corrected chi connectivity index (χ4v) is 1.93. The zero-order valence-corrected chi connectivity index (χ0v) is 9.19. The molecular formula is C13H14O3. The highest BCUT2D eigenvalue weighted by atomic mass is 16.5. The van der Waals surface area contributed by atoms with Crippen molar-refractivity contribution in [2.24, 2.45) is 0 Å². The van der Waals surface area contributed by atoms with Crippen molar-refractivity contribution in [3.8, 4) is 5.75 Å². The molecule has 0 atom stereocenters. The minimum absolute atomic E-state index is 0.213. The summed E-state index contributed by atoms with van der Waals surface area (Å²) in [5, 5.41) is 9.38. The van der Waals surface area contributed by atoms with E-state index in [1.54, 1.807) is 12.1 Å². The summed E-state index contributed by atoms with van der Waals surface area (Å²) in [6.07, 6.45) is 4.10. The first-order chi connectivity index (χ1) is 7.69. The Kier molecular flexibility index (Phi) is 2.95. The highest BCUT2D eigenvalue weighted by molar-refractivity contribution is 5.75. The fraction of sp³-hybridized carbons (Fsp3) is 0.308. The molecule has 1 aliphatic carbocycles. The lowest BCUT2D eigenvalue weighted by Gasteiger charge is -2.15. The van der Waals surface area contributed by atoms with E-state index in [1.165, 1.54) is 12.7 Å². The van der Waals surface area contributed by atoms with E-state index in [2.05, 4.69) is 4.74 Å². The van der Waals surface area contributed by atoms with Crippen molar-refractivity contribution in [1.29, 1.82) is 0 Å². The van der Waals surface area contributed by atoms with E-state index < -0.39 is 0 Å². The van der Waals surface area contributed by atoms with E-state index in [0.717, 1.165) is 24.0 Å². The van der Waals surface area contributed by atoms with Gasteiger partial charge in [-0.2, -0.15) is 0 Å². The minimum Gasteiger partial charge on any atom is -0.508 e. The number of esters is 1. The summed E-state index contributed by atoms with van der Waals surface area (Å²) in [6, 6.07) is 5.35. The van der Waals surface area contributed by atoms with Crippen LogP contribution in [0.1, 0.15) is 24.0 Å². The van der Waals surface area contributed by atoms with E-state index in [1.807, 2.05) is 12.1 Å². The Morgan fingerprint density at radius 3 is 3.00 bits per heavy atom. The summed E-state index contributed by atoms with van der Waals surface area (Å²) >= 11 is 0. The molecule has 0 saturated heterocycles. The number of aromatic hydroxyl groups is 1. The summed E-state index contributed by atoms with van der Waals surface area (Å²) in [4.78, 5) is 11.1. The summed E-state index contributed by atoms with van der Waals surface area (Å²) in [5.41, 5.74) is 3.28. The Balaban J connectivity index is 2.23. The molecule has 2 rings (SSSR count). The lowest BCUT2D eigenvalue weighted by atomic mass is 9.91. The van der Waals surface area contributed by atoms with Gasteiger partial charge in [0, 0.05) is 0 Å². The molecule has 0 unspecified atom stereocenters. The standard InChI is InChI=1S/C13H14O3/c1-16-13(15)7-9-2-3-10-4-5-12(14)8-11(10)6-9/h4-6,8,14H,2-3,7H2,1H3. The van der Waals surface area contributed by atoms with Gasteiger partial charge in [0.2, 0.25) is 0 Å². The van der Waals surface area contributed by atoms with Crippen LogP contribution in [0.25, 0.3) is 6.08 Å². The number of rotatable bonds is 2. The van der Waals surface area contributed by atoms with Crippen molar-refractivity contribution in [2.75, 3.05) is 7.11 Å². The van der Waals surface area contributed by atoms with Crippen molar-refractivity contribution in [3.05, 3.63) is 34.9 Å². The third-order valence-electron chi connectivity index (χ3n) is 2.80. The lowest BCUT2D eigenvalue weighted by Crippen LogP contribution is -2.06. The lowest BCUT2D eigenvalue weighted by molar-refractivity contribution is -0.139. The molecule has 84 valence electrons. The number of methoxy groups -OCH3 is 1. The normalized spacial score (nSPS) is 13.9. The maximum Gasteiger partial charge on any atom is 0.309 e. The van der Waals surface area contributed by atoms with Gasteiger partial charge in [0.25, 0.3) is 0 Å². The molecular weight excluding hydrogens is 204 g/mol. The molecule has 1 N–H and O–H groups in total. The molecule has 0 aromatic heterocycles. The second-order valence-electron chi connectivity index (χ2n) is 3.94. The van der Waals surface area contributed by atoms with Crippen LogP contribution in [0.15, 0.2) is 23.8 Å². The van der Waals surface area contributed by atoms with E-state index in [0.29, 0.717) is 6.42 Å². The van der Waals surface area contributed by atoms with Gasteiger partial charge in [-0.05, 0) is 36.1 Å². The van der Waals surface area contributed by atoms with Crippen molar-refractivity contribution in [2.45, 2.75) is 19.3 Å². The van der Waals surface area contributed by atoms with E-state index in [4.69, 9.17) is 0 Å². The third-order valence-corrected chi connectivity index (χ3v) is 2.80. The molecule has 0 amide bonds. The average Bonchev–Trinajstić information content (AvgIpc) is 2.28. The molecule has 0 saturated carbocycles. The van der Waals surface area contributed by atoms with Gasteiger partial charge in [-0.25, -0.2) is 0 Å². The molecule has 0 heterocycles. The molecule has 16 heavy (non-hydrogen) atoms. The molecule has 0 spiro atoms. The second-order valence-corrected chi connectivity index (χ2v) is 3.94. The molecule has 3 nitrogen and oxygen atoms in total. The van der Waals surface area contributed by atoms with Crippen molar-refractivity contribution in [3.63, 3.8) is 0 Å². The van der Waals surface area contributed by atoms with Crippen molar-refractivity contribution in [1.82, 2.24) is 0 Å². The van der Waals surface area contributed by atoms with Crippen LogP contribution in [-0.2, 0) is 16.0 Å². The van der Waals surface area contributed by atoms with Gasteiger partial charge in [-0.15, -0.1) is 0 Å². The number of hydrogen-bond acceptors (Lipinski definition) is 3. The smallest absolute Gasteiger partial charge is 0.309 e. The Labute approximate surface area is 94.4 Å². The zero-order valence-electron chi connectivity index (χ0n) is 9.19.